The lowest BCUT2D eigenvalue weighted by Crippen LogP contribution is -2.62. The van der Waals surface area contributed by atoms with Gasteiger partial charge in [0.25, 0.3) is 6.71 Å². The Morgan fingerprint density at radius 2 is 0.909 bits per heavy atom. The van der Waals surface area contributed by atoms with E-state index in [0.717, 1.165) is 6.42 Å². The number of nitrogens with zero attached hydrogens (tertiary/aromatic N) is 2. The van der Waals surface area contributed by atoms with Crippen molar-refractivity contribution < 1.29 is 0 Å². The van der Waals surface area contributed by atoms with E-state index in [9.17, 15) is 0 Å². The molecule has 10 rings (SSSR count). The molecule has 0 radical (unpaired) electrons. The molecule has 0 aromatic heterocycles. The SMILES string of the molecule is Cc1ccc(-c2ccccc2)cc1N1c2cc3c(cc2B2c4cc(C(C)(C)C)ccc4N(c4ccc(C(C)(C)C)cc4-c4ccccc4)c4cc(C(C)(C)C)cc1c42)C(C)(C)CCC3(C)C. The van der Waals surface area contributed by atoms with E-state index in [1.54, 1.807) is 0 Å². The highest BCUT2D eigenvalue weighted by atomic mass is 15.2. The van der Waals surface area contributed by atoms with E-state index >= 15 is 0 Å². The minimum atomic E-state index is -0.129. The number of benzene rings is 7. The molecule has 1 aliphatic carbocycles. The van der Waals surface area contributed by atoms with Crippen LogP contribution in [0, 0.1) is 6.92 Å². The highest BCUT2D eigenvalue weighted by Gasteiger charge is 2.47. The first-order valence-corrected chi connectivity index (χ1v) is 24.5. The summed E-state index contributed by atoms with van der Waals surface area (Å²) in [4.78, 5) is 5.35. The van der Waals surface area contributed by atoms with Crippen LogP contribution in [0.15, 0.2) is 140 Å². The molecule has 0 fully saturated rings. The fourth-order valence-electron chi connectivity index (χ4n) is 11.2. The standard InChI is InChI=1S/C63H69BN2/c1-40-25-26-43(41-21-17-15-18-22-41)33-54(40)66-55-39-49-48(62(11,12)31-32-63(49,13)14)38-51(55)64-50-35-45(60(5,6)7)28-30-53(50)65(56-36-46(61(8,9)10)37-57(66)58(56)64)52-29-27-44(59(2,3)4)34-47(52)42-23-19-16-20-24-42/h15-30,33-39H,31-32H2,1-14H3. The van der Waals surface area contributed by atoms with Crippen molar-refractivity contribution in [3.8, 4) is 22.3 Å². The molecule has 0 amide bonds. The van der Waals surface area contributed by atoms with E-state index in [1.165, 1.54) is 113 Å². The molecule has 3 heteroatoms. The van der Waals surface area contributed by atoms with Crippen LogP contribution in [-0.4, -0.2) is 6.71 Å². The highest BCUT2D eigenvalue weighted by Crippen LogP contribution is 2.53. The molecule has 2 heterocycles. The smallest absolute Gasteiger partial charge is 0.252 e. The van der Waals surface area contributed by atoms with Gasteiger partial charge in [-0.25, -0.2) is 0 Å². The van der Waals surface area contributed by atoms with Gasteiger partial charge in [0, 0.05) is 34.0 Å². The van der Waals surface area contributed by atoms with Gasteiger partial charge in [-0.15, -0.1) is 0 Å². The molecule has 2 nitrogen and oxygen atoms in total. The van der Waals surface area contributed by atoms with Crippen LogP contribution < -0.4 is 26.2 Å². The predicted molar refractivity (Wildman–Crippen MR) is 287 cm³/mol. The topological polar surface area (TPSA) is 6.48 Å². The van der Waals surface area contributed by atoms with E-state index in [2.05, 4.69) is 246 Å². The summed E-state index contributed by atoms with van der Waals surface area (Å²) in [5.41, 5.74) is 24.8. The van der Waals surface area contributed by atoms with Gasteiger partial charge >= 0.3 is 0 Å². The minimum Gasteiger partial charge on any atom is -0.311 e. The van der Waals surface area contributed by atoms with E-state index in [1.807, 2.05) is 0 Å². The second kappa shape index (κ2) is 15.1. The van der Waals surface area contributed by atoms with Crippen molar-refractivity contribution in [2.24, 2.45) is 0 Å². The van der Waals surface area contributed by atoms with Crippen molar-refractivity contribution in [3.05, 3.63) is 173 Å². The Bertz CT molecular complexity index is 3040. The molecular weight excluding hydrogens is 796 g/mol. The van der Waals surface area contributed by atoms with Gasteiger partial charge in [-0.2, -0.15) is 0 Å². The fourth-order valence-corrected chi connectivity index (χ4v) is 11.2. The summed E-state index contributed by atoms with van der Waals surface area (Å²) in [5.74, 6) is 0. The lowest BCUT2D eigenvalue weighted by molar-refractivity contribution is 0.332. The van der Waals surface area contributed by atoms with Crippen molar-refractivity contribution >= 4 is 57.2 Å². The molecule has 2 aliphatic heterocycles. The van der Waals surface area contributed by atoms with Gasteiger partial charge in [-0.1, -0.05) is 187 Å². The van der Waals surface area contributed by atoms with Crippen LogP contribution in [0.4, 0.5) is 34.1 Å². The number of anilines is 6. The first kappa shape index (κ1) is 44.1. The maximum Gasteiger partial charge on any atom is 0.252 e. The fraction of sp³-hybridized carbons (Fsp3) is 0.333. The number of rotatable bonds is 4. The summed E-state index contributed by atoms with van der Waals surface area (Å²) in [5, 5.41) is 0. The molecular formula is C63H69BN2. The zero-order chi connectivity index (χ0) is 46.9. The largest absolute Gasteiger partial charge is 0.311 e. The van der Waals surface area contributed by atoms with Gasteiger partial charge in [0.15, 0.2) is 0 Å². The van der Waals surface area contributed by atoms with Gasteiger partial charge in [0.05, 0.1) is 5.69 Å². The molecule has 66 heavy (non-hydrogen) atoms. The Balaban J connectivity index is 1.38. The third kappa shape index (κ3) is 7.24. The van der Waals surface area contributed by atoms with Gasteiger partial charge in [0.2, 0.25) is 0 Å². The Morgan fingerprint density at radius 1 is 0.409 bits per heavy atom. The minimum absolute atomic E-state index is 0.0154. The molecule has 7 aromatic rings. The van der Waals surface area contributed by atoms with Gasteiger partial charge in [-0.05, 0) is 156 Å². The number of aryl methyl sites for hydroxylation is 1. The molecule has 0 saturated heterocycles. The summed E-state index contributed by atoms with van der Waals surface area (Å²) >= 11 is 0. The zero-order valence-electron chi connectivity index (χ0n) is 42.2. The molecule has 3 aliphatic rings. The van der Waals surface area contributed by atoms with E-state index in [0.29, 0.717) is 0 Å². The van der Waals surface area contributed by atoms with Gasteiger partial charge in [0.1, 0.15) is 0 Å². The van der Waals surface area contributed by atoms with Crippen LogP contribution >= 0.6 is 0 Å². The molecule has 0 saturated carbocycles. The second-order valence-corrected chi connectivity index (χ2v) is 24.2. The Labute approximate surface area is 397 Å². The normalized spacial score (nSPS) is 16.1. The molecule has 0 unspecified atom stereocenters. The molecule has 7 aromatic carbocycles. The van der Waals surface area contributed by atoms with Gasteiger partial charge < -0.3 is 9.80 Å². The monoisotopic (exact) mass is 865 g/mol. The Kier molecular flexibility index (Phi) is 10.1. The van der Waals surface area contributed by atoms with E-state index < -0.39 is 0 Å². The predicted octanol–water partition coefficient (Wildman–Crippen LogP) is 15.7. The Hall–Kier alpha value is -5.80. The van der Waals surface area contributed by atoms with Crippen LogP contribution in [0.25, 0.3) is 22.3 Å². The molecule has 0 bridgehead atoms. The van der Waals surface area contributed by atoms with Crippen molar-refractivity contribution in [1.82, 2.24) is 0 Å². The molecule has 334 valence electrons. The zero-order valence-corrected chi connectivity index (χ0v) is 42.2. The van der Waals surface area contributed by atoms with Crippen LogP contribution in [0.3, 0.4) is 0 Å². The maximum absolute atomic E-state index is 2.69. The van der Waals surface area contributed by atoms with Gasteiger partial charge in [-0.3, -0.25) is 0 Å². The maximum atomic E-state index is 2.69. The first-order chi connectivity index (χ1) is 31.0. The van der Waals surface area contributed by atoms with Crippen molar-refractivity contribution in [3.63, 3.8) is 0 Å². The highest BCUT2D eigenvalue weighted by molar-refractivity contribution is 7.00. The summed E-state index contributed by atoms with van der Waals surface area (Å²) in [6.07, 6.45) is 2.33. The lowest BCUT2D eigenvalue weighted by Gasteiger charge is -2.48. The molecule has 0 spiro atoms. The quantitative estimate of drug-likeness (QED) is 0.163. The average Bonchev–Trinajstić information content (AvgIpc) is 3.27. The summed E-state index contributed by atoms with van der Waals surface area (Å²) < 4.78 is 0. The summed E-state index contributed by atoms with van der Waals surface area (Å²) in [6.45, 7) is 33.5. The van der Waals surface area contributed by atoms with E-state index in [4.69, 9.17) is 0 Å². The second-order valence-electron chi connectivity index (χ2n) is 24.2. The van der Waals surface area contributed by atoms with Crippen LogP contribution in [0.2, 0.25) is 0 Å². The molecule has 0 atom stereocenters. The third-order valence-electron chi connectivity index (χ3n) is 15.5. The summed E-state index contributed by atoms with van der Waals surface area (Å²) in [7, 11) is 0. The number of fused-ring (bicyclic) bond motifs is 5. The van der Waals surface area contributed by atoms with E-state index in [-0.39, 0.29) is 33.8 Å². The average molecular weight is 865 g/mol. The van der Waals surface area contributed by atoms with Crippen molar-refractivity contribution in [2.75, 3.05) is 9.80 Å². The molecule has 0 N–H and O–H groups in total. The number of hydrogen-bond donors (Lipinski definition) is 0. The van der Waals surface area contributed by atoms with Crippen LogP contribution in [0.1, 0.15) is 136 Å². The van der Waals surface area contributed by atoms with Crippen LogP contribution in [0.5, 0.6) is 0 Å². The van der Waals surface area contributed by atoms with Crippen LogP contribution in [-0.2, 0) is 27.1 Å². The summed E-state index contributed by atoms with van der Waals surface area (Å²) in [6, 6.07) is 54.3. The lowest BCUT2D eigenvalue weighted by atomic mass is 9.32. The third-order valence-corrected chi connectivity index (χ3v) is 15.5. The first-order valence-electron chi connectivity index (χ1n) is 24.5. The number of hydrogen-bond acceptors (Lipinski definition) is 2. The van der Waals surface area contributed by atoms with Crippen molar-refractivity contribution in [1.29, 1.82) is 0 Å². The Morgan fingerprint density at radius 3 is 1.48 bits per heavy atom. The van der Waals surface area contributed by atoms with Crippen molar-refractivity contribution in [2.45, 2.75) is 137 Å².